The first kappa shape index (κ1) is 16.1. The van der Waals surface area contributed by atoms with Crippen molar-refractivity contribution in [1.82, 2.24) is 5.32 Å². The van der Waals surface area contributed by atoms with E-state index in [0.29, 0.717) is 16.1 Å². The fraction of sp³-hybridized carbons (Fsp3) is 0.600. The van der Waals surface area contributed by atoms with Gasteiger partial charge in [0.15, 0.2) is 0 Å². The first-order valence-corrected chi connectivity index (χ1v) is 7.85. The maximum Gasteiger partial charge on any atom is 0.0809 e. The zero-order valence-electron chi connectivity index (χ0n) is 11.5. The molecule has 0 aliphatic carbocycles. The summed E-state index contributed by atoms with van der Waals surface area (Å²) in [5, 5.41) is 4.73. The van der Waals surface area contributed by atoms with Crippen LogP contribution in [0.2, 0.25) is 10.0 Å². The summed E-state index contributed by atoms with van der Waals surface area (Å²) in [6.07, 6.45) is 3.60. The van der Waals surface area contributed by atoms with Crippen molar-refractivity contribution in [2.24, 2.45) is 0 Å². The van der Waals surface area contributed by atoms with Gasteiger partial charge in [0.25, 0.3) is 0 Å². The number of benzene rings is 1. The van der Waals surface area contributed by atoms with Gasteiger partial charge in [0.05, 0.1) is 12.7 Å². The van der Waals surface area contributed by atoms with E-state index in [4.69, 9.17) is 32.7 Å². The van der Waals surface area contributed by atoms with Crippen molar-refractivity contribution < 1.29 is 9.47 Å². The van der Waals surface area contributed by atoms with Crippen molar-refractivity contribution in [1.29, 1.82) is 0 Å². The van der Waals surface area contributed by atoms with Gasteiger partial charge in [-0.25, -0.2) is 0 Å². The van der Waals surface area contributed by atoms with E-state index in [2.05, 4.69) is 5.32 Å². The van der Waals surface area contributed by atoms with Crippen LogP contribution in [0.15, 0.2) is 18.2 Å². The minimum Gasteiger partial charge on any atom is -0.379 e. The third-order valence-corrected chi connectivity index (χ3v) is 3.89. The molecular weight excluding hydrogens is 297 g/mol. The molecular formula is C15H21Cl2NO2. The Kier molecular flexibility index (Phi) is 7.11. The second-order valence-corrected chi connectivity index (χ2v) is 5.82. The lowest BCUT2D eigenvalue weighted by Crippen LogP contribution is -2.19. The molecule has 1 N–H and O–H groups in total. The highest BCUT2D eigenvalue weighted by Crippen LogP contribution is 2.20. The Morgan fingerprint density at radius 1 is 1.35 bits per heavy atom. The van der Waals surface area contributed by atoms with E-state index in [9.17, 15) is 0 Å². The molecule has 5 heteroatoms. The summed E-state index contributed by atoms with van der Waals surface area (Å²) in [6, 6.07) is 5.57. The van der Waals surface area contributed by atoms with Crippen molar-refractivity contribution in [2.75, 3.05) is 26.4 Å². The molecule has 1 saturated heterocycles. The van der Waals surface area contributed by atoms with Gasteiger partial charge in [0, 0.05) is 29.8 Å². The third-order valence-electron chi connectivity index (χ3n) is 3.30. The SMILES string of the molecule is Clc1ccc(CNCCCOCC2CCCO2)c(Cl)c1. The monoisotopic (exact) mass is 317 g/mol. The van der Waals surface area contributed by atoms with Crippen molar-refractivity contribution in [2.45, 2.75) is 31.9 Å². The first-order valence-electron chi connectivity index (χ1n) is 7.09. The molecule has 3 nitrogen and oxygen atoms in total. The van der Waals surface area contributed by atoms with E-state index in [1.165, 1.54) is 0 Å². The minimum atomic E-state index is 0.316. The van der Waals surface area contributed by atoms with Crippen LogP contribution in [0.3, 0.4) is 0 Å². The molecule has 2 rings (SSSR count). The number of rotatable bonds is 8. The molecule has 1 unspecified atom stereocenters. The summed E-state index contributed by atoms with van der Waals surface area (Å²) in [4.78, 5) is 0. The van der Waals surface area contributed by atoms with Crippen LogP contribution in [-0.2, 0) is 16.0 Å². The summed E-state index contributed by atoms with van der Waals surface area (Å²) in [6.45, 7) is 4.04. The van der Waals surface area contributed by atoms with Crippen molar-refractivity contribution in [3.05, 3.63) is 33.8 Å². The predicted molar refractivity (Wildman–Crippen MR) is 82.6 cm³/mol. The Labute approximate surface area is 130 Å². The Balaban J connectivity index is 1.50. The molecule has 1 heterocycles. The van der Waals surface area contributed by atoms with E-state index in [1.807, 2.05) is 12.1 Å². The molecule has 0 spiro atoms. The fourth-order valence-electron chi connectivity index (χ4n) is 2.18. The predicted octanol–water partition coefficient (Wildman–Crippen LogP) is 3.67. The molecule has 20 heavy (non-hydrogen) atoms. The molecule has 0 saturated carbocycles. The lowest BCUT2D eigenvalue weighted by molar-refractivity contribution is 0.0166. The number of hydrogen-bond acceptors (Lipinski definition) is 3. The van der Waals surface area contributed by atoms with Gasteiger partial charge in [-0.15, -0.1) is 0 Å². The number of halogens is 2. The van der Waals surface area contributed by atoms with Gasteiger partial charge < -0.3 is 14.8 Å². The second-order valence-electron chi connectivity index (χ2n) is 4.98. The molecule has 0 amide bonds. The molecule has 1 aromatic carbocycles. The van der Waals surface area contributed by atoms with Crippen LogP contribution < -0.4 is 5.32 Å². The largest absolute Gasteiger partial charge is 0.379 e. The Bertz CT molecular complexity index is 409. The molecule has 0 radical (unpaired) electrons. The molecule has 1 fully saturated rings. The van der Waals surface area contributed by atoms with E-state index in [1.54, 1.807) is 6.07 Å². The quantitative estimate of drug-likeness (QED) is 0.742. The summed E-state index contributed by atoms with van der Waals surface area (Å²) >= 11 is 12.0. The maximum atomic E-state index is 6.10. The van der Waals surface area contributed by atoms with Crippen LogP contribution in [0.1, 0.15) is 24.8 Å². The third kappa shape index (κ3) is 5.58. The average Bonchev–Trinajstić information content (AvgIpc) is 2.93. The van der Waals surface area contributed by atoms with E-state index in [-0.39, 0.29) is 0 Å². The molecule has 1 atom stereocenters. The zero-order valence-corrected chi connectivity index (χ0v) is 13.1. The smallest absolute Gasteiger partial charge is 0.0809 e. The Morgan fingerprint density at radius 3 is 3.00 bits per heavy atom. The van der Waals surface area contributed by atoms with E-state index < -0.39 is 0 Å². The van der Waals surface area contributed by atoms with Gasteiger partial charge in [-0.1, -0.05) is 29.3 Å². The van der Waals surface area contributed by atoms with Gasteiger partial charge in [0.1, 0.15) is 0 Å². The highest BCUT2D eigenvalue weighted by molar-refractivity contribution is 6.35. The van der Waals surface area contributed by atoms with Crippen LogP contribution in [0.5, 0.6) is 0 Å². The minimum absolute atomic E-state index is 0.316. The normalized spacial score (nSPS) is 18.6. The summed E-state index contributed by atoms with van der Waals surface area (Å²) in [7, 11) is 0. The van der Waals surface area contributed by atoms with Crippen molar-refractivity contribution in [3.8, 4) is 0 Å². The number of nitrogens with one attached hydrogen (secondary N) is 1. The average molecular weight is 318 g/mol. The van der Waals surface area contributed by atoms with Gasteiger partial charge in [-0.05, 0) is 43.5 Å². The summed E-state index contributed by atoms with van der Waals surface area (Å²) in [5.41, 5.74) is 1.07. The van der Waals surface area contributed by atoms with Crippen LogP contribution in [0.4, 0.5) is 0 Å². The van der Waals surface area contributed by atoms with Crippen molar-refractivity contribution in [3.63, 3.8) is 0 Å². The van der Waals surface area contributed by atoms with E-state index in [0.717, 1.165) is 57.7 Å². The van der Waals surface area contributed by atoms with Crippen LogP contribution in [-0.4, -0.2) is 32.5 Å². The maximum absolute atomic E-state index is 6.10. The Hall–Kier alpha value is -0.320. The molecule has 1 aliphatic rings. The molecule has 1 aromatic rings. The highest BCUT2D eigenvalue weighted by Gasteiger charge is 2.14. The first-order chi connectivity index (χ1) is 9.75. The topological polar surface area (TPSA) is 30.5 Å². The van der Waals surface area contributed by atoms with Crippen LogP contribution >= 0.6 is 23.2 Å². The van der Waals surface area contributed by atoms with Gasteiger partial charge in [-0.2, -0.15) is 0 Å². The number of hydrogen-bond donors (Lipinski definition) is 1. The molecule has 112 valence electrons. The molecule has 0 aromatic heterocycles. The van der Waals surface area contributed by atoms with Crippen LogP contribution in [0.25, 0.3) is 0 Å². The fourth-order valence-corrected chi connectivity index (χ4v) is 2.65. The van der Waals surface area contributed by atoms with Crippen LogP contribution in [0, 0.1) is 0 Å². The van der Waals surface area contributed by atoms with E-state index >= 15 is 0 Å². The summed E-state index contributed by atoms with van der Waals surface area (Å²) < 4.78 is 11.1. The number of ether oxygens (including phenoxy) is 2. The summed E-state index contributed by atoms with van der Waals surface area (Å²) in [5.74, 6) is 0. The van der Waals surface area contributed by atoms with Gasteiger partial charge >= 0.3 is 0 Å². The molecule has 0 bridgehead atoms. The lowest BCUT2D eigenvalue weighted by Gasteiger charge is -2.10. The lowest BCUT2D eigenvalue weighted by atomic mass is 10.2. The van der Waals surface area contributed by atoms with Crippen molar-refractivity contribution >= 4 is 23.2 Å². The van der Waals surface area contributed by atoms with Gasteiger partial charge in [-0.3, -0.25) is 0 Å². The van der Waals surface area contributed by atoms with Gasteiger partial charge in [0.2, 0.25) is 0 Å². The zero-order chi connectivity index (χ0) is 14.2. The standard InChI is InChI=1S/C15H21Cl2NO2/c16-13-5-4-12(15(17)9-13)10-18-6-2-7-19-11-14-3-1-8-20-14/h4-5,9,14,18H,1-3,6-8,10-11H2. The Morgan fingerprint density at radius 2 is 2.25 bits per heavy atom. The molecule has 1 aliphatic heterocycles. The second kappa shape index (κ2) is 8.85. The highest BCUT2D eigenvalue weighted by atomic mass is 35.5.